The molecule has 0 rings (SSSR count). The van der Waals surface area contributed by atoms with Crippen LogP contribution >= 0.6 is 23.2 Å². The van der Waals surface area contributed by atoms with E-state index < -0.39 is 3.96 Å². The third-order valence-electron chi connectivity index (χ3n) is 2.05. The molecule has 0 aliphatic rings. The van der Waals surface area contributed by atoms with Gasteiger partial charge in [0, 0.05) is 16.8 Å². The van der Waals surface area contributed by atoms with Crippen molar-refractivity contribution in [3.63, 3.8) is 0 Å². The first-order valence-corrected chi connectivity index (χ1v) is 7.48. The maximum Gasteiger partial charge on any atom is 0.0972 e. The van der Waals surface area contributed by atoms with Gasteiger partial charge in [-0.15, -0.1) is 23.2 Å². The molecule has 0 heterocycles. The van der Waals surface area contributed by atoms with Crippen LogP contribution in [0.15, 0.2) is 0 Å². The molecule has 0 amide bonds. The Bertz CT molecular complexity index is 143. The summed E-state index contributed by atoms with van der Waals surface area (Å²) in [6.45, 7) is 7.12. The number of rotatable bonds is 7. The van der Waals surface area contributed by atoms with Crippen molar-refractivity contribution in [1.29, 1.82) is 0 Å². The average Bonchev–Trinajstić information content (AvgIpc) is 1.98. The molecule has 0 aromatic rings. The van der Waals surface area contributed by atoms with Gasteiger partial charge in [0.2, 0.25) is 0 Å². The third-order valence-corrected chi connectivity index (χ3v) is 2.92. The summed E-state index contributed by atoms with van der Waals surface area (Å²) in [7, 11) is 0.848. The summed E-state index contributed by atoms with van der Waals surface area (Å²) in [4.78, 5) is 0. The predicted octanol–water partition coefficient (Wildman–Crippen LogP) is 3.25. The van der Waals surface area contributed by atoms with E-state index >= 15 is 0 Å². The standard InChI is InChI=1S/C11H24Cl2OSi/c1-10(2,3)14-9-7-5-4-6-8-11(12,13)15/h4-9H2,1-3,15H3. The summed E-state index contributed by atoms with van der Waals surface area (Å²) in [6.07, 6.45) is 5.61. The molecule has 0 radical (unpaired) electrons. The van der Waals surface area contributed by atoms with Gasteiger partial charge in [0.1, 0.15) is 0 Å². The Morgan fingerprint density at radius 3 is 2.00 bits per heavy atom. The van der Waals surface area contributed by atoms with E-state index in [2.05, 4.69) is 20.8 Å². The first-order chi connectivity index (χ1) is 6.71. The van der Waals surface area contributed by atoms with Gasteiger partial charge in [-0.05, 0) is 33.6 Å². The molecule has 0 N–H and O–H groups in total. The smallest absolute Gasteiger partial charge is 0.0972 e. The third kappa shape index (κ3) is 14.8. The fourth-order valence-corrected chi connectivity index (χ4v) is 1.89. The lowest BCUT2D eigenvalue weighted by Crippen LogP contribution is -2.19. The highest BCUT2D eigenvalue weighted by molar-refractivity contribution is 6.65. The second-order valence-corrected chi connectivity index (χ2v) is 10.0. The van der Waals surface area contributed by atoms with Crippen LogP contribution in [0, 0.1) is 0 Å². The summed E-state index contributed by atoms with van der Waals surface area (Å²) < 4.78 is 5.22. The van der Waals surface area contributed by atoms with Crippen molar-refractivity contribution in [2.75, 3.05) is 6.61 Å². The SMILES string of the molecule is CC(C)(C)OCCCCCCC([SiH3])(Cl)Cl. The van der Waals surface area contributed by atoms with E-state index in [1.54, 1.807) is 0 Å². The topological polar surface area (TPSA) is 9.23 Å². The van der Waals surface area contributed by atoms with Crippen molar-refractivity contribution >= 4 is 33.4 Å². The number of ether oxygens (including phenoxy) is 1. The zero-order chi connectivity index (χ0) is 11.9. The van der Waals surface area contributed by atoms with Crippen LogP contribution in [0.2, 0.25) is 0 Å². The fourth-order valence-electron chi connectivity index (χ4n) is 1.27. The number of halogens is 2. The van der Waals surface area contributed by atoms with Gasteiger partial charge < -0.3 is 4.74 Å². The van der Waals surface area contributed by atoms with Gasteiger partial charge in [0.25, 0.3) is 0 Å². The van der Waals surface area contributed by atoms with Crippen LogP contribution in [0.1, 0.15) is 52.9 Å². The minimum atomic E-state index is -0.415. The van der Waals surface area contributed by atoms with Crippen LogP contribution in [0.4, 0.5) is 0 Å². The molecular weight excluding hydrogens is 247 g/mol. The molecule has 0 unspecified atom stereocenters. The van der Waals surface area contributed by atoms with Crippen molar-refractivity contribution < 1.29 is 4.74 Å². The van der Waals surface area contributed by atoms with Crippen molar-refractivity contribution in [3.05, 3.63) is 0 Å². The molecule has 0 aromatic carbocycles. The predicted molar refractivity (Wildman–Crippen MR) is 73.2 cm³/mol. The van der Waals surface area contributed by atoms with E-state index in [4.69, 9.17) is 27.9 Å². The lowest BCUT2D eigenvalue weighted by Gasteiger charge is -2.19. The lowest BCUT2D eigenvalue weighted by atomic mass is 10.1. The van der Waals surface area contributed by atoms with Gasteiger partial charge in [-0.25, -0.2) is 0 Å². The Hall–Kier alpha value is 0.757. The molecule has 0 bridgehead atoms. The Balaban J connectivity index is 3.20. The minimum Gasteiger partial charge on any atom is -0.376 e. The molecule has 0 spiro atoms. The monoisotopic (exact) mass is 270 g/mol. The van der Waals surface area contributed by atoms with Gasteiger partial charge in [-0.3, -0.25) is 0 Å². The second kappa shape index (κ2) is 7.15. The normalized spacial score (nSPS) is 13.4. The van der Waals surface area contributed by atoms with E-state index in [1.165, 1.54) is 12.8 Å². The molecule has 15 heavy (non-hydrogen) atoms. The maximum absolute atomic E-state index is 5.94. The Labute approximate surface area is 107 Å². The van der Waals surface area contributed by atoms with E-state index in [0.717, 1.165) is 36.1 Å². The van der Waals surface area contributed by atoms with Gasteiger partial charge >= 0.3 is 0 Å². The highest BCUT2D eigenvalue weighted by atomic mass is 35.5. The van der Waals surface area contributed by atoms with Crippen LogP contribution in [0.25, 0.3) is 0 Å². The maximum atomic E-state index is 5.94. The first kappa shape index (κ1) is 15.8. The van der Waals surface area contributed by atoms with E-state index in [1.807, 2.05) is 0 Å². The van der Waals surface area contributed by atoms with Crippen molar-refractivity contribution in [3.8, 4) is 0 Å². The van der Waals surface area contributed by atoms with Crippen LogP contribution < -0.4 is 0 Å². The molecular formula is C11H24Cl2OSi. The summed E-state index contributed by atoms with van der Waals surface area (Å²) in [5.74, 6) is 0. The lowest BCUT2D eigenvalue weighted by molar-refractivity contribution is -0.00474. The molecule has 0 fully saturated rings. The summed E-state index contributed by atoms with van der Waals surface area (Å²) >= 11 is 11.9. The second-order valence-electron chi connectivity index (χ2n) is 5.20. The van der Waals surface area contributed by atoms with Gasteiger partial charge in [0.05, 0.1) is 9.56 Å². The Morgan fingerprint density at radius 1 is 1.00 bits per heavy atom. The van der Waals surface area contributed by atoms with Crippen LogP contribution in [0.5, 0.6) is 0 Å². The zero-order valence-corrected chi connectivity index (χ0v) is 13.9. The van der Waals surface area contributed by atoms with E-state index in [9.17, 15) is 0 Å². The van der Waals surface area contributed by atoms with Crippen LogP contribution in [-0.2, 0) is 4.74 Å². The molecule has 1 nitrogen and oxygen atoms in total. The van der Waals surface area contributed by atoms with Gasteiger partial charge in [0.15, 0.2) is 0 Å². The highest BCUT2D eigenvalue weighted by Gasteiger charge is 2.14. The molecule has 4 heteroatoms. The van der Waals surface area contributed by atoms with Crippen molar-refractivity contribution in [1.82, 2.24) is 0 Å². The number of unbranched alkanes of at least 4 members (excludes halogenated alkanes) is 3. The zero-order valence-electron chi connectivity index (χ0n) is 10.4. The van der Waals surface area contributed by atoms with Crippen LogP contribution in [-0.4, -0.2) is 26.4 Å². The molecule has 0 aliphatic carbocycles. The Kier molecular flexibility index (Phi) is 7.52. The molecule has 92 valence electrons. The minimum absolute atomic E-state index is 0.00352. The fraction of sp³-hybridized carbons (Fsp3) is 1.00. The molecule has 0 aliphatic heterocycles. The first-order valence-electron chi connectivity index (χ1n) is 5.72. The Morgan fingerprint density at radius 2 is 1.53 bits per heavy atom. The number of hydrogen-bond acceptors (Lipinski definition) is 1. The van der Waals surface area contributed by atoms with Crippen molar-refractivity contribution in [2.45, 2.75) is 62.4 Å². The summed E-state index contributed by atoms with van der Waals surface area (Å²) in [5, 5.41) is 0. The van der Waals surface area contributed by atoms with Gasteiger partial charge in [-0.2, -0.15) is 0 Å². The largest absolute Gasteiger partial charge is 0.376 e. The van der Waals surface area contributed by atoms with Gasteiger partial charge in [-0.1, -0.05) is 19.3 Å². The van der Waals surface area contributed by atoms with E-state index in [0.29, 0.717) is 0 Å². The summed E-state index contributed by atoms with van der Waals surface area (Å²) in [6, 6.07) is 0. The van der Waals surface area contributed by atoms with Crippen LogP contribution in [0.3, 0.4) is 0 Å². The molecule has 0 saturated heterocycles. The number of hydrogen-bond donors (Lipinski definition) is 0. The molecule has 0 saturated carbocycles. The highest BCUT2D eigenvalue weighted by Crippen LogP contribution is 2.23. The summed E-state index contributed by atoms with van der Waals surface area (Å²) in [5.41, 5.74) is -0.00352. The average molecular weight is 271 g/mol. The quantitative estimate of drug-likeness (QED) is 0.392. The molecule has 0 atom stereocenters. The van der Waals surface area contributed by atoms with E-state index in [-0.39, 0.29) is 5.60 Å². The number of alkyl halides is 2. The molecule has 0 aromatic heterocycles. The van der Waals surface area contributed by atoms with Crippen molar-refractivity contribution in [2.24, 2.45) is 0 Å².